The molecule has 1 fully saturated rings. The van der Waals surface area contributed by atoms with Crippen LogP contribution in [0, 0.1) is 11.6 Å². The van der Waals surface area contributed by atoms with Gasteiger partial charge in [-0.2, -0.15) is 4.98 Å². The van der Waals surface area contributed by atoms with Crippen LogP contribution in [0.25, 0.3) is 0 Å². The number of halogens is 2. The maximum atomic E-state index is 13.7. The predicted molar refractivity (Wildman–Crippen MR) is 84.2 cm³/mol. The van der Waals surface area contributed by atoms with Crippen LogP contribution in [-0.2, 0) is 13.2 Å². The highest BCUT2D eigenvalue weighted by molar-refractivity contribution is 5.47. The Morgan fingerprint density at radius 1 is 1.25 bits per heavy atom. The van der Waals surface area contributed by atoms with Crippen LogP contribution in [0.1, 0.15) is 24.8 Å². The van der Waals surface area contributed by atoms with E-state index in [1.807, 2.05) is 0 Å². The first-order valence-electron chi connectivity index (χ1n) is 8.07. The normalized spacial score (nSPS) is 19.1. The third-order valence-corrected chi connectivity index (χ3v) is 4.67. The van der Waals surface area contributed by atoms with Crippen molar-refractivity contribution in [3.05, 3.63) is 51.9 Å². The maximum absolute atomic E-state index is 13.7. The summed E-state index contributed by atoms with van der Waals surface area (Å²) in [5, 5.41) is 0. The number of piperidine rings is 1. The van der Waals surface area contributed by atoms with Crippen LogP contribution in [0.3, 0.4) is 0 Å². The highest BCUT2D eigenvalue weighted by Gasteiger charge is 2.32. The molecule has 0 radical (unpaired) electrons. The Hall–Kier alpha value is -2.44. The molecule has 126 valence electrons. The van der Waals surface area contributed by atoms with Gasteiger partial charge in [-0.15, -0.1) is 0 Å². The molecule has 0 aliphatic carbocycles. The lowest BCUT2D eigenvalue weighted by molar-refractivity contribution is 0.285. The summed E-state index contributed by atoms with van der Waals surface area (Å²) in [6.45, 7) is 1.47. The lowest BCUT2D eigenvalue weighted by Crippen LogP contribution is -2.36. The molecule has 0 N–H and O–H groups in total. The Labute approximate surface area is 137 Å². The van der Waals surface area contributed by atoms with Crippen LogP contribution in [0.4, 0.5) is 14.6 Å². The summed E-state index contributed by atoms with van der Waals surface area (Å²) in [4.78, 5) is 18.4. The molecular weight excluding hydrogens is 316 g/mol. The number of rotatable bonds is 3. The van der Waals surface area contributed by atoms with Crippen molar-refractivity contribution in [2.75, 3.05) is 11.4 Å². The number of fused-ring (bicyclic) bond motifs is 3. The van der Waals surface area contributed by atoms with Crippen molar-refractivity contribution in [2.45, 2.75) is 38.5 Å². The van der Waals surface area contributed by atoms with Crippen molar-refractivity contribution in [3.63, 3.8) is 0 Å². The van der Waals surface area contributed by atoms with Crippen molar-refractivity contribution in [3.8, 4) is 5.88 Å². The summed E-state index contributed by atoms with van der Waals surface area (Å²) in [5.41, 5.74) is -0.133. The van der Waals surface area contributed by atoms with Gasteiger partial charge in [-0.05, 0) is 31.4 Å². The summed E-state index contributed by atoms with van der Waals surface area (Å²) in [6.07, 6.45) is 3.34. The van der Waals surface area contributed by atoms with E-state index in [0.717, 1.165) is 31.3 Å². The monoisotopic (exact) mass is 333 g/mol. The molecule has 7 heteroatoms. The fourth-order valence-corrected chi connectivity index (χ4v) is 3.45. The number of aromatic nitrogens is 2. The number of benzene rings is 1. The van der Waals surface area contributed by atoms with E-state index in [-0.39, 0.29) is 23.7 Å². The second-order valence-electron chi connectivity index (χ2n) is 6.21. The van der Waals surface area contributed by atoms with Gasteiger partial charge in [0.2, 0.25) is 5.88 Å². The summed E-state index contributed by atoms with van der Waals surface area (Å²) in [5.74, 6) is -0.333. The third-order valence-electron chi connectivity index (χ3n) is 4.67. The first kappa shape index (κ1) is 15.1. The molecule has 0 saturated carbocycles. The van der Waals surface area contributed by atoms with Gasteiger partial charge in [-0.1, -0.05) is 0 Å². The van der Waals surface area contributed by atoms with Crippen LogP contribution in [0.5, 0.6) is 5.88 Å². The molecule has 1 atom stereocenters. The fraction of sp³-hybridized carbons (Fsp3) is 0.412. The first-order valence-corrected chi connectivity index (χ1v) is 8.07. The number of ether oxygens (including phenoxy) is 1. The molecular formula is C17H17F2N3O2. The van der Waals surface area contributed by atoms with Gasteiger partial charge in [0.25, 0.3) is 0 Å². The first-order chi connectivity index (χ1) is 11.6. The molecule has 3 heterocycles. The molecule has 0 spiro atoms. The zero-order valence-corrected chi connectivity index (χ0v) is 13.0. The molecule has 4 rings (SSSR count). The highest BCUT2D eigenvalue weighted by Crippen LogP contribution is 2.32. The van der Waals surface area contributed by atoms with E-state index in [4.69, 9.17) is 4.74 Å². The molecule has 1 aromatic heterocycles. The van der Waals surface area contributed by atoms with E-state index in [2.05, 4.69) is 9.88 Å². The Kier molecular flexibility index (Phi) is 3.70. The third kappa shape index (κ3) is 2.64. The quantitative estimate of drug-likeness (QED) is 0.866. The maximum Gasteiger partial charge on any atom is 0.352 e. The Bertz CT molecular complexity index is 837. The van der Waals surface area contributed by atoms with Crippen LogP contribution in [0.2, 0.25) is 0 Å². The van der Waals surface area contributed by atoms with Crippen LogP contribution in [0.15, 0.2) is 29.1 Å². The average molecular weight is 333 g/mol. The summed E-state index contributed by atoms with van der Waals surface area (Å²) < 4.78 is 33.7. The molecule has 1 saturated heterocycles. The lowest BCUT2D eigenvalue weighted by atomic mass is 10.0. The van der Waals surface area contributed by atoms with Crippen molar-refractivity contribution >= 4 is 5.82 Å². The van der Waals surface area contributed by atoms with E-state index in [1.165, 1.54) is 18.6 Å². The molecule has 1 aromatic carbocycles. The Morgan fingerprint density at radius 2 is 2.12 bits per heavy atom. The van der Waals surface area contributed by atoms with Crippen molar-refractivity contribution in [1.29, 1.82) is 0 Å². The molecule has 5 nitrogen and oxygen atoms in total. The van der Waals surface area contributed by atoms with Crippen molar-refractivity contribution in [2.24, 2.45) is 0 Å². The van der Waals surface area contributed by atoms with Crippen LogP contribution < -0.4 is 15.3 Å². The molecule has 0 bridgehead atoms. The van der Waals surface area contributed by atoms with Crippen LogP contribution in [-0.4, -0.2) is 22.1 Å². The number of nitrogens with zero attached hydrogens (tertiary/aromatic N) is 3. The second-order valence-corrected chi connectivity index (χ2v) is 6.21. The van der Waals surface area contributed by atoms with E-state index >= 15 is 0 Å². The number of anilines is 1. The summed E-state index contributed by atoms with van der Waals surface area (Å²) >= 11 is 0. The topological polar surface area (TPSA) is 47.4 Å². The smallest absolute Gasteiger partial charge is 0.352 e. The molecule has 2 aliphatic rings. The zero-order valence-electron chi connectivity index (χ0n) is 13.0. The Morgan fingerprint density at radius 3 is 2.96 bits per heavy atom. The fourth-order valence-electron chi connectivity index (χ4n) is 3.45. The minimum Gasteiger partial charge on any atom is -0.472 e. The zero-order chi connectivity index (χ0) is 16.7. The molecule has 2 aromatic rings. The van der Waals surface area contributed by atoms with Gasteiger partial charge < -0.3 is 9.64 Å². The van der Waals surface area contributed by atoms with Gasteiger partial charge in [0.05, 0.1) is 0 Å². The SMILES string of the molecule is O=c1nc(OCc2ccc(F)cc2F)cc2n1CC1CCCCN21. The highest BCUT2D eigenvalue weighted by atomic mass is 19.1. The Balaban J connectivity index is 1.57. The van der Waals surface area contributed by atoms with Crippen molar-refractivity contribution in [1.82, 2.24) is 9.55 Å². The second kappa shape index (κ2) is 5.89. The minimum atomic E-state index is -0.677. The van der Waals surface area contributed by atoms with Gasteiger partial charge in [-0.3, -0.25) is 4.57 Å². The molecule has 0 amide bonds. The molecule has 2 aliphatic heterocycles. The summed E-state index contributed by atoms with van der Waals surface area (Å²) in [6, 6.07) is 5.38. The van der Waals surface area contributed by atoms with Gasteiger partial charge in [0.1, 0.15) is 24.1 Å². The molecule has 24 heavy (non-hydrogen) atoms. The lowest BCUT2D eigenvalue weighted by Gasteiger charge is -2.30. The van der Waals surface area contributed by atoms with Gasteiger partial charge in [0, 0.05) is 36.8 Å². The van der Waals surface area contributed by atoms with E-state index < -0.39 is 11.6 Å². The van der Waals surface area contributed by atoms with E-state index in [1.54, 1.807) is 10.6 Å². The van der Waals surface area contributed by atoms with Gasteiger partial charge >= 0.3 is 5.69 Å². The van der Waals surface area contributed by atoms with Gasteiger partial charge in [-0.25, -0.2) is 13.6 Å². The number of hydrogen-bond donors (Lipinski definition) is 0. The largest absolute Gasteiger partial charge is 0.472 e. The van der Waals surface area contributed by atoms with E-state index in [0.29, 0.717) is 12.6 Å². The average Bonchev–Trinajstić information content (AvgIpc) is 2.94. The molecule has 1 unspecified atom stereocenters. The van der Waals surface area contributed by atoms with Crippen molar-refractivity contribution < 1.29 is 13.5 Å². The van der Waals surface area contributed by atoms with Gasteiger partial charge in [0.15, 0.2) is 0 Å². The number of hydrogen-bond acceptors (Lipinski definition) is 4. The predicted octanol–water partition coefficient (Wildman–Crippen LogP) is 2.47. The minimum absolute atomic E-state index is 0.106. The standard InChI is InChI=1S/C17H17F2N3O2/c18-12-5-4-11(14(19)7-12)10-24-15-8-16-21-6-2-1-3-13(21)9-22(16)17(23)20-15/h4-5,7-8,13H,1-3,6,9-10H2. The van der Waals surface area contributed by atoms with E-state index in [9.17, 15) is 13.6 Å². The summed E-state index contributed by atoms with van der Waals surface area (Å²) in [7, 11) is 0. The van der Waals surface area contributed by atoms with Crippen LogP contribution >= 0.6 is 0 Å².